The maximum atomic E-state index is 12.5. The van der Waals surface area contributed by atoms with Crippen molar-refractivity contribution in [2.24, 2.45) is 0 Å². The lowest BCUT2D eigenvalue weighted by Gasteiger charge is -2.35. The van der Waals surface area contributed by atoms with Crippen molar-refractivity contribution in [3.05, 3.63) is 30.3 Å². The van der Waals surface area contributed by atoms with Gasteiger partial charge in [0.15, 0.2) is 5.11 Å². The Kier molecular flexibility index (Phi) is 6.79. The molecule has 0 saturated carbocycles. The van der Waals surface area contributed by atoms with Gasteiger partial charge < -0.3 is 10.1 Å². The summed E-state index contributed by atoms with van der Waals surface area (Å²) >= 11 is 5.17. The van der Waals surface area contributed by atoms with Crippen LogP contribution >= 0.6 is 12.2 Å². The highest BCUT2D eigenvalue weighted by molar-refractivity contribution is 7.80. The van der Waals surface area contributed by atoms with Crippen molar-refractivity contribution in [1.29, 1.82) is 0 Å². The molecule has 1 aliphatic heterocycles. The first-order valence-corrected chi connectivity index (χ1v) is 9.08. The molecule has 0 aliphatic carbocycles. The number of anilines is 1. The summed E-state index contributed by atoms with van der Waals surface area (Å²) in [5.74, 6) is -0.312. The first kappa shape index (κ1) is 20.0. The lowest BCUT2D eigenvalue weighted by Crippen LogP contribution is -2.56. The molecule has 142 valence electrons. The number of carbonyl (C=O) groups excluding carboxylic acids is 2. The largest absolute Gasteiger partial charge is 0.444 e. The van der Waals surface area contributed by atoms with Crippen LogP contribution in [0.5, 0.6) is 0 Å². The van der Waals surface area contributed by atoms with E-state index in [2.05, 4.69) is 16.2 Å². The lowest BCUT2D eigenvalue weighted by molar-refractivity contribution is -0.128. The van der Waals surface area contributed by atoms with E-state index < -0.39 is 17.7 Å². The molecule has 1 heterocycles. The molecule has 26 heavy (non-hydrogen) atoms. The number of hydrazine groups is 1. The van der Waals surface area contributed by atoms with Gasteiger partial charge in [-0.1, -0.05) is 18.2 Å². The number of nitrogens with zero attached hydrogens (tertiary/aromatic N) is 1. The van der Waals surface area contributed by atoms with Crippen molar-refractivity contribution >= 4 is 35.0 Å². The number of amides is 2. The fourth-order valence-electron chi connectivity index (χ4n) is 2.63. The highest BCUT2D eigenvalue weighted by Crippen LogP contribution is 2.20. The molecule has 1 aromatic rings. The van der Waals surface area contributed by atoms with E-state index in [1.165, 1.54) is 4.90 Å². The monoisotopic (exact) mass is 378 g/mol. The van der Waals surface area contributed by atoms with Crippen LogP contribution in [0.3, 0.4) is 0 Å². The molecule has 1 fully saturated rings. The zero-order valence-electron chi connectivity index (χ0n) is 15.4. The van der Waals surface area contributed by atoms with Gasteiger partial charge in [0.2, 0.25) is 0 Å². The van der Waals surface area contributed by atoms with E-state index in [0.29, 0.717) is 13.0 Å². The van der Waals surface area contributed by atoms with Crippen LogP contribution in [0, 0.1) is 0 Å². The number of thiocarbonyl (C=S) groups is 1. The number of benzene rings is 1. The van der Waals surface area contributed by atoms with Gasteiger partial charge in [-0.25, -0.2) is 4.79 Å². The number of hydrogen-bond donors (Lipinski definition) is 3. The first-order chi connectivity index (χ1) is 12.3. The Morgan fingerprint density at radius 2 is 1.85 bits per heavy atom. The Morgan fingerprint density at radius 3 is 2.50 bits per heavy atom. The number of carbonyl (C=O) groups is 2. The molecule has 1 atom stereocenters. The molecule has 8 heteroatoms. The van der Waals surface area contributed by atoms with Crippen molar-refractivity contribution in [3.63, 3.8) is 0 Å². The molecule has 2 amide bonds. The van der Waals surface area contributed by atoms with E-state index in [1.54, 1.807) is 20.8 Å². The SMILES string of the molecule is CC(C)(C)OC(=O)N1CCCCC1C(=O)NNC(=S)Nc1ccccc1. The van der Waals surface area contributed by atoms with E-state index in [1.807, 2.05) is 30.3 Å². The van der Waals surface area contributed by atoms with Crippen molar-refractivity contribution in [1.82, 2.24) is 15.8 Å². The van der Waals surface area contributed by atoms with Crippen LogP contribution in [0.25, 0.3) is 0 Å². The Hall–Kier alpha value is -2.35. The molecular formula is C18H26N4O3S. The quantitative estimate of drug-likeness (QED) is 0.542. The molecule has 3 N–H and O–H groups in total. The van der Waals surface area contributed by atoms with E-state index in [9.17, 15) is 9.59 Å². The number of nitrogens with one attached hydrogen (secondary N) is 3. The molecule has 7 nitrogen and oxygen atoms in total. The highest BCUT2D eigenvalue weighted by atomic mass is 32.1. The maximum Gasteiger partial charge on any atom is 0.410 e. The van der Waals surface area contributed by atoms with Crippen LogP contribution in [0.15, 0.2) is 30.3 Å². The zero-order valence-corrected chi connectivity index (χ0v) is 16.2. The van der Waals surface area contributed by atoms with Gasteiger partial charge in [-0.05, 0) is 64.4 Å². The summed E-state index contributed by atoms with van der Waals surface area (Å²) in [6.07, 6.45) is 1.85. The van der Waals surface area contributed by atoms with Gasteiger partial charge in [-0.15, -0.1) is 0 Å². The average molecular weight is 378 g/mol. The summed E-state index contributed by atoms with van der Waals surface area (Å²) in [5.41, 5.74) is 5.47. The van der Waals surface area contributed by atoms with Crippen LogP contribution in [-0.2, 0) is 9.53 Å². The number of ether oxygens (including phenoxy) is 1. The van der Waals surface area contributed by atoms with E-state index in [0.717, 1.165) is 18.5 Å². The fourth-order valence-corrected chi connectivity index (χ4v) is 2.80. The fraction of sp³-hybridized carbons (Fsp3) is 0.500. The number of rotatable bonds is 2. The Bertz CT molecular complexity index is 646. The minimum Gasteiger partial charge on any atom is -0.444 e. The van der Waals surface area contributed by atoms with Crippen molar-refractivity contribution in [2.45, 2.75) is 51.7 Å². The molecule has 1 saturated heterocycles. The molecule has 0 spiro atoms. The van der Waals surface area contributed by atoms with Gasteiger partial charge in [0, 0.05) is 12.2 Å². The lowest BCUT2D eigenvalue weighted by atomic mass is 10.0. The number of para-hydroxylation sites is 1. The molecule has 0 radical (unpaired) electrons. The topological polar surface area (TPSA) is 82.7 Å². The molecule has 0 bridgehead atoms. The van der Waals surface area contributed by atoms with Crippen LogP contribution < -0.4 is 16.2 Å². The van der Waals surface area contributed by atoms with Crippen molar-refractivity contribution < 1.29 is 14.3 Å². The number of piperidine rings is 1. The average Bonchev–Trinajstić information content (AvgIpc) is 2.59. The Morgan fingerprint density at radius 1 is 1.15 bits per heavy atom. The number of hydrogen-bond acceptors (Lipinski definition) is 4. The molecular weight excluding hydrogens is 352 g/mol. The van der Waals surface area contributed by atoms with E-state index >= 15 is 0 Å². The first-order valence-electron chi connectivity index (χ1n) is 8.68. The molecule has 1 aromatic carbocycles. The van der Waals surface area contributed by atoms with Crippen LogP contribution in [0.4, 0.5) is 10.5 Å². The summed E-state index contributed by atoms with van der Waals surface area (Å²) in [5, 5.41) is 3.23. The number of likely N-dealkylation sites (tertiary alicyclic amines) is 1. The van der Waals surface area contributed by atoms with Crippen LogP contribution in [0.1, 0.15) is 40.0 Å². The predicted octanol–water partition coefficient (Wildman–Crippen LogP) is 2.79. The molecule has 1 aliphatic rings. The van der Waals surface area contributed by atoms with Crippen molar-refractivity contribution in [2.75, 3.05) is 11.9 Å². The summed E-state index contributed by atoms with van der Waals surface area (Å²) in [7, 11) is 0. The highest BCUT2D eigenvalue weighted by Gasteiger charge is 2.34. The summed E-state index contributed by atoms with van der Waals surface area (Å²) < 4.78 is 5.41. The van der Waals surface area contributed by atoms with E-state index in [-0.39, 0.29) is 11.0 Å². The summed E-state index contributed by atoms with van der Waals surface area (Å²) in [4.78, 5) is 26.4. The second kappa shape index (κ2) is 8.84. The Labute approximate surface area is 159 Å². The predicted molar refractivity (Wildman–Crippen MR) is 105 cm³/mol. The molecule has 2 rings (SSSR count). The van der Waals surface area contributed by atoms with Crippen molar-refractivity contribution in [3.8, 4) is 0 Å². The second-order valence-corrected chi connectivity index (χ2v) is 7.53. The van der Waals surface area contributed by atoms with Crippen LogP contribution in [-0.4, -0.2) is 40.2 Å². The minimum atomic E-state index is -0.602. The summed E-state index contributed by atoms with van der Waals surface area (Å²) in [6, 6.07) is 8.81. The van der Waals surface area contributed by atoms with E-state index in [4.69, 9.17) is 17.0 Å². The van der Waals surface area contributed by atoms with Gasteiger partial charge in [-0.2, -0.15) is 0 Å². The second-order valence-electron chi connectivity index (χ2n) is 7.12. The van der Waals surface area contributed by atoms with Gasteiger partial charge in [0.1, 0.15) is 11.6 Å². The minimum absolute atomic E-state index is 0.268. The molecule has 0 aromatic heterocycles. The maximum absolute atomic E-state index is 12.5. The third-order valence-electron chi connectivity index (χ3n) is 3.76. The Balaban J connectivity index is 1.89. The third-order valence-corrected chi connectivity index (χ3v) is 3.97. The summed E-state index contributed by atoms with van der Waals surface area (Å²) in [6.45, 7) is 5.91. The van der Waals surface area contributed by atoms with Gasteiger partial charge in [-0.3, -0.25) is 20.5 Å². The van der Waals surface area contributed by atoms with Gasteiger partial charge in [0.05, 0.1) is 0 Å². The zero-order chi connectivity index (χ0) is 19.2. The van der Waals surface area contributed by atoms with Gasteiger partial charge in [0.25, 0.3) is 5.91 Å². The van der Waals surface area contributed by atoms with Crippen LogP contribution in [0.2, 0.25) is 0 Å². The smallest absolute Gasteiger partial charge is 0.410 e. The molecule has 1 unspecified atom stereocenters. The standard InChI is InChI=1S/C18H26N4O3S/c1-18(2,3)25-17(24)22-12-8-7-11-14(22)15(23)20-21-16(26)19-13-9-5-4-6-10-13/h4-6,9-10,14H,7-8,11-12H2,1-3H3,(H,20,23)(H2,19,21,26). The third kappa shape index (κ3) is 6.18. The van der Waals surface area contributed by atoms with Gasteiger partial charge >= 0.3 is 6.09 Å². The normalized spacial score (nSPS) is 17.2.